The molecule has 0 aromatic heterocycles. The summed E-state index contributed by atoms with van der Waals surface area (Å²) >= 11 is 5.88. The van der Waals surface area contributed by atoms with Gasteiger partial charge in [-0.3, -0.25) is 9.59 Å². The molecule has 25 heavy (non-hydrogen) atoms. The Bertz CT molecular complexity index is 787. The van der Waals surface area contributed by atoms with Crippen molar-refractivity contribution in [2.24, 2.45) is 0 Å². The fourth-order valence-corrected chi connectivity index (χ4v) is 2.65. The zero-order valence-electron chi connectivity index (χ0n) is 13.5. The Hall–Kier alpha value is -2.53. The van der Waals surface area contributed by atoms with Gasteiger partial charge in [0, 0.05) is 17.0 Å². The van der Waals surface area contributed by atoms with Crippen LogP contribution in [0.5, 0.6) is 11.5 Å². The molecule has 1 heterocycles. The van der Waals surface area contributed by atoms with Crippen LogP contribution < -0.4 is 9.47 Å². The lowest BCUT2D eigenvalue weighted by Gasteiger charge is -2.18. The summed E-state index contributed by atoms with van der Waals surface area (Å²) in [5.74, 6) is 0.618. The molecule has 0 atom stereocenters. The smallest absolute Gasteiger partial charge is 0.306 e. The SMILES string of the molecule is O=C(CCC(=O)c1ccc2c(c1)OCCO2)OCc1cccc(Cl)c1. The molecule has 0 unspecified atom stereocenters. The molecule has 5 nitrogen and oxygen atoms in total. The maximum atomic E-state index is 12.2. The quantitative estimate of drug-likeness (QED) is 0.579. The van der Waals surface area contributed by atoms with Gasteiger partial charge >= 0.3 is 5.97 Å². The fourth-order valence-electron chi connectivity index (χ4n) is 2.44. The molecule has 0 amide bonds. The van der Waals surface area contributed by atoms with E-state index in [1.807, 2.05) is 6.07 Å². The van der Waals surface area contributed by atoms with Crippen LogP contribution >= 0.6 is 11.6 Å². The monoisotopic (exact) mass is 360 g/mol. The number of benzene rings is 2. The molecule has 0 radical (unpaired) electrons. The summed E-state index contributed by atoms with van der Waals surface area (Å²) in [5, 5.41) is 0.585. The Morgan fingerprint density at radius 1 is 1.00 bits per heavy atom. The molecule has 0 saturated heterocycles. The van der Waals surface area contributed by atoms with Crippen molar-refractivity contribution < 1.29 is 23.8 Å². The van der Waals surface area contributed by atoms with Crippen LogP contribution in [0.4, 0.5) is 0 Å². The topological polar surface area (TPSA) is 61.8 Å². The van der Waals surface area contributed by atoms with Gasteiger partial charge in [0.15, 0.2) is 17.3 Å². The molecule has 1 aliphatic rings. The number of carbonyl (C=O) groups is 2. The molecule has 3 rings (SSSR count). The number of Topliss-reactive ketones (excluding diaryl/α,β-unsaturated/α-hetero) is 1. The van der Waals surface area contributed by atoms with Crippen LogP contribution in [0.15, 0.2) is 42.5 Å². The minimum atomic E-state index is -0.425. The summed E-state index contributed by atoms with van der Waals surface area (Å²) in [6, 6.07) is 12.1. The maximum absolute atomic E-state index is 12.2. The second-order valence-corrected chi connectivity index (χ2v) is 6.01. The third-order valence-corrected chi connectivity index (χ3v) is 3.94. The van der Waals surface area contributed by atoms with Gasteiger partial charge in [-0.2, -0.15) is 0 Å². The lowest BCUT2D eigenvalue weighted by molar-refractivity contribution is -0.144. The Morgan fingerprint density at radius 3 is 2.60 bits per heavy atom. The van der Waals surface area contributed by atoms with E-state index in [4.69, 9.17) is 25.8 Å². The fraction of sp³-hybridized carbons (Fsp3) is 0.263. The van der Waals surface area contributed by atoms with Crippen LogP contribution in [0.25, 0.3) is 0 Å². The molecule has 2 aromatic rings. The van der Waals surface area contributed by atoms with E-state index in [9.17, 15) is 9.59 Å². The Kier molecular flexibility index (Phi) is 5.56. The van der Waals surface area contributed by atoms with E-state index in [0.717, 1.165) is 5.56 Å². The minimum absolute atomic E-state index is 0.0217. The number of hydrogen-bond acceptors (Lipinski definition) is 5. The van der Waals surface area contributed by atoms with Gasteiger partial charge in [0.05, 0.1) is 6.42 Å². The largest absolute Gasteiger partial charge is 0.486 e. The van der Waals surface area contributed by atoms with Crippen molar-refractivity contribution in [3.63, 3.8) is 0 Å². The predicted molar refractivity (Wildman–Crippen MR) is 92.2 cm³/mol. The first-order valence-corrected chi connectivity index (χ1v) is 8.32. The number of hydrogen-bond donors (Lipinski definition) is 0. The van der Waals surface area contributed by atoms with Crippen molar-refractivity contribution >= 4 is 23.4 Å². The lowest BCUT2D eigenvalue weighted by atomic mass is 10.1. The van der Waals surface area contributed by atoms with Crippen LogP contribution in [0.3, 0.4) is 0 Å². The Balaban J connectivity index is 1.49. The van der Waals surface area contributed by atoms with Crippen LogP contribution in [-0.4, -0.2) is 25.0 Å². The van der Waals surface area contributed by atoms with E-state index >= 15 is 0 Å². The highest BCUT2D eigenvalue weighted by atomic mass is 35.5. The molecule has 0 bridgehead atoms. The Morgan fingerprint density at radius 2 is 1.80 bits per heavy atom. The molecule has 0 aliphatic carbocycles. The van der Waals surface area contributed by atoms with E-state index in [1.165, 1.54) is 0 Å². The van der Waals surface area contributed by atoms with Gasteiger partial charge in [0.25, 0.3) is 0 Å². The number of ketones is 1. The summed E-state index contributed by atoms with van der Waals surface area (Å²) in [6.45, 7) is 1.09. The molecule has 1 aliphatic heterocycles. The van der Waals surface area contributed by atoms with Gasteiger partial charge in [-0.05, 0) is 35.9 Å². The summed E-state index contributed by atoms with van der Waals surface area (Å²) in [6.07, 6.45) is 0.0991. The van der Waals surface area contributed by atoms with Crippen LogP contribution in [0, 0.1) is 0 Å². The standard InChI is InChI=1S/C19H17ClO5/c20-15-3-1-2-13(10-15)12-25-19(22)7-5-16(21)14-4-6-17-18(11-14)24-9-8-23-17/h1-4,6,10-11H,5,7-9,12H2. The minimum Gasteiger partial charge on any atom is -0.486 e. The number of esters is 1. The molecular formula is C19H17ClO5. The van der Waals surface area contributed by atoms with E-state index in [-0.39, 0.29) is 25.2 Å². The van der Waals surface area contributed by atoms with Crippen molar-refractivity contribution in [1.29, 1.82) is 0 Å². The normalized spacial score (nSPS) is 12.5. The van der Waals surface area contributed by atoms with Gasteiger partial charge < -0.3 is 14.2 Å². The van der Waals surface area contributed by atoms with E-state index in [1.54, 1.807) is 36.4 Å². The third-order valence-electron chi connectivity index (χ3n) is 3.71. The maximum Gasteiger partial charge on any atom is 0.306 e. The molecule has 6 heteroatoms. The van der Waals surface area contributed by atoms with Gasteiger partial charge in [-0.25, -0.2) is 0 Å². The molecular weight excluding hydrogens is 344 g/mol. The molecule has 2 aromatic carbocycles. The zero-order valence-corrected chi connectivity index (χ0v) is 14.3. The third kappa shape index (κ3) is 4.73. The van der Waals surface area contributed by atoms with Gasteiger partial charge in [-0.1, -0.05) is 23.7 Å². The van der Waals surface area contributed by atoms with Crippen molar-refractivity contribution in [3.8, 4) is 11.5 Å². The highest BCUT2D eigenvalue weighted by Gasteiger charge is 2.16. The lowest BCUT2D eigenvalue weighted by Crippen LogP contribution is -2.16. The molecule has 0 fully saturated rings. The highest BCUT2D eigenvalue weighted by molar-refractivity contribution is 6.30. The first-order chi connectivity index (χ1) is 12.1. The van der Waals surface area contributed by atoms with Crippen molar-refractivity contribution in [3.05, 3.63) is 58.6 Å². The van der Waals surface area contributed by atoms with E-state index in [0.29, 0.717) is 35.3 Å². The summed E-state index contributed by atoms with van der Waals surface area (Å²) in [5.41, 5.74) is 1.30. The average molecular weight is 361 g/mol. The highest BCUT2D eigenvalue weighted by Crippen LogP contribution is 2.31. The number of rotatable bonds is 6. The van der Waals surface area contributed by atoms with Gasteiger partial charge in [0.1, 0.15) is 19.8 Å². The van der Waals surface area contributed by atoms with Gasteiger partial charge in [-0.15, -0.1) is 0 Å². The first-order valence-electron chi connectivity index (χ1n) is 7.95. The summed E-state index contributed by atoms with van der Waals surface area (Å²) < 4.78 is 16.0. The first kappa shape index (κ1) is 17.3. The Labute approximate surface area is 150 Å². The second-order valence-electron chi connectivity index (χ2n) is 5.57. The summed E-state index contributed by atoms with van der Waals surface area (Å²) in [4.78, 5) is 24.0. The number of fused-ring (bicyclic) bond motifs is 1. The molecule has 0 saturated carbocycles. The van der Waals surface area contributed by atoms with Crippen molar-refractivity contribution in [2.75, 3.05) is 13.2 Å². The second kappa shape index (κ2) is 8.03. The molecule has 130 valence electrons. The van der Waals surface area contributed by atoms with E-state index < -0.39 is 5.97 Å². The predicted octanol–water partition coefficient (Wildman–Crippen LogP) is 3.82. The van der Waals surface area contributed by atoms with Crippen molar-refractivity contribution in [2.45, 2.75) is 19.4 Å². The molecule has 0 N–H and O–H groups in total. The number of carbonyl (C=O) groups excluding carboxylic acids is 2. The van der Waals surface area contributed by atoms with Gasteiger partial charge in [0.2, 0.25) is 0 Å². The molecule has 0 spiro atoms. The zero-order chi connectivity index (χ0) is 17.6. The van der Waals surface area contributed by atoms with Crippen LogP contribution in [0.2, 0.25) is 5.02 Å². The van der Waals surface area contributed by atoms with Crippen LogP contribution in [0.1, 0.15) is 28.8 Å². The number of ether oxygens (including phenoxy) is 3. The van der Waals surface area contributed by atoms with Crippen molar-refractivity contribution in [1.82, 2.24) is 0 Å². The number of halogens is 1. The van der Waals surface area contributed by atoms with Crippen LogP contribution in [-0.2, 0) is 16.1 Å². The average Bonchev–Trinajstić information content (AvgIpc) is 2.64. The summed E-state index contributed by atoms with van der Waals surface area (Å²) in [7, 11) is 0. The van der Waals surface area contributed by atoms with E-state index in [2.05, 4.69) is 0 Å².